The summed E-state index contributed by atoms with van der Waals surface area (Å²) >= 11 is 0. The van der Waals surface area contributed by atoms with E-state index in [1.807, 2.05) is 0 Å². The molecule has 46 heavy (non-hydrogen) atoms. The molecule has 2 unspecified atom stereocenters. The quantitative estimate of drug-likeness (QED) is 0.0273. The second-order valence-electron chi connectivity index (χ2n) is 11.8. The van der Waals surface area contributed by atoms with E-state index in [-0.39, 0.29) is 32.1 Å². The number of esters is 1. The first-order valence-corrected chi connectivity index (χ1v) is 19.5. The van der Waals surface area contributed by atoms with Crippen molar-refractivity contribution in [3.8, 4) is 0 Å². The molecule has 0 heterocycles. The number of rotatable bonds is 33. The number of phosphoric acid groups is 1. The number of amides is 1. The van der Waals surface area contributed by atoms with E-state index in [0.717, 1.165) is 70.6 Å². The van der Waals surface area contributed by atoms with Gasteiger partial charge in [0.15, 0.2) is 0 Å². The van der Waals surface area contributed by atoms with E-state index in [0.29, 0.717) is 6.42 Å². The van der Waals surface area contributed by atoms with Crippen LogP contribution in [0.25, 0.3) is 0 Å². The molecule has 0 bridgehead atoms. The minimum Gasteiger partial charge on any atom is -0.463 e. The third kappa shape index (κ3) is 33.6. The zero-order valence-corrected chi connectivity index (χ0v) is 29.9. The Morgan fingerprint density at radius 3 is 1.80 bits per heavy atom. The van der Waals surface area contributed by atoms with Crippen molar-refractivity contribution in [2.75, 3.05) is 26.4 Å². The van der Waals surface area contributed by atoms with E-state index in [9.17, 15) is 24.2 Å². The van der Waals surface area contributed by atoms with Gasteiger partial charge in [0, 0.05) is 19.4 Å². The van der Waals surface area contributed by atoms with Gasteiger partial charge in [-0.15, -0.1) is 0 Å². The number of hydrogen-bond acceptors (Lipinski definition) is 7. The summed E-state index contributed by atoms with van der Waals surface area (Å²) in [4.78, 5) is 33.3. The first-order valence-electron chi connectivity index (χ1n) is 18.0. The van der Waals surface area contributed by atoms with E-state index in [2.05, 4.69) is 55.6 Å². The summed E-state index contributed by atoms with van der Waals surface area (Å²) in [5.74, 6) is -0.544. The number of allylic oxidation sites excluding steroid dienone is 6. The van der Waals surface area contributed by atoms with Gasteiger partial charge in [0.05, 0.1) is 13.2 Å². The Morgan fingerprint density at radius 2 is 1.17 bits per heavy atom. The molecule has 0 fully saturated rings. The summed E-state index contributed by atoms with van der Waals surface area (Å²) < 4.78 is 26.5. The molecule has 1 amide bonds. The minimum atomic E-state index is -4.39. The molecule has 0 aromatic rings. The normalized spacial score (nSPS) is 13.9. The zero-order valence-electron chi connectivity index (χ0n) is 29.0. The van der Waals surface area contributed by atoms with Crippen LogP contribution in [0.4, 0.5) is 0 Å². The average molecular weight is 672 g/mol. The predicted octanol–water partition coefficient (Wildman–Crippen LogP) is 9.04. The maximum Gasteiger partial charge on any atom is 0.472 e. The third-order valence-electron chi connectivity index (χ3n) is 7.32. The van der Waals surface area contributed by atoms with Gasteiger partial charge in [-0.05, 0) is 51.4 Å². The highest BCUT2D eigenvalue weighted by Gasteiger charge is 2.23. The van der Waals surface area contributed by atoms with Crippen LogP contribution in [0.5, 0.6) is 0 Å². The smallest absolute Gasteiger partial charge is 0.463 e. The van der Waals surface area contributed by atoms with Crippen molar-refractivity contribution in [1.29, 1.82) is 0 Å². The van der Waals surface area contributed by atoms with Crippen LogP contribution >= 0.6 is 7.82 Å². The maximum atomic E-state index is 11.9. The van der Waals surface area contributed by atoms with Crippen LogP contribution in [0.3, 0.4) is 0 Å². The fourth-order valence-electron chi connectivity index (χ4n) is 4.56. The Hall–Kier alpha value is -1.77. The van der Waals surface area contributed by atoms with Crippen LogP contribution in [0.2, 0.25) is 0 Å². The molecule has 0 aromatic heterocycles. The zero-order chi connectivity index (χ0) is 34.0. The third-order valence-corrected chi connectivity index (χ3v) is 8.31. The van der Waals surface area contributed by atoms with Gasteiger partial charge in [0.2, 0.25) is 5.91 Å². The van der Waals surface area contributed by atoms with E-state index < -0.39 is 26.5 Å². The SMILES string of the molecule is CCCCC/C=C\C/C=C\C/C=C\CCCCCCCCCCC(=O)OCC(O)COP(=O)(O)OCCNC(=O)CCCCCC. The lowest BCUT2D eigenvalue weighted by Gasteiger charge is -2.15. The highest BCUT2D eigenvalue weighted by atomic mass is 31.2. The van der Waals surface area contributed by atoms with Crippen LogP contribution in [-0.2, 0) is 27.9 Å². The maximum absolute atomic E-state index is 11.9. The monoisotopic (exact) mass is 671 g/mol. The molecule has 0 aliphatic rings. The highest BCUT2D eigenvalue weighted by molar-refractivity contribution is 7.47. The van der Waals surface area contributed by atoms with Gasteiger partial charge >= 0.3 is 13.8 Å². The molecule has 0 aliphatic carbocycles. The lowest BCUT2D eigenvalue weighted by molar-refractivity contribution is -0.147. The van der Waals surface area contributed by atoms with Gasteiger partial charge in [-0.2, -0.15) is 0 Å². The lowest BCUT2D eigenvalue weighted by Crippen LogP contribution is -2.27. The molecule has 3 N–H and O–H groups in total. The molecule has 0 saturated heterocycles. The summed E-state index contributed by atoms with van der Waals surface area (Å²) in [5, 5.41) is 12.5. The van der Waals surface area contributed by atoms with Crippen molar-refractivity contribution in [2.45, 2.75) is 155 Å². The highest BCUT2D eigenvalue weighted by Crippen LogP contribution is 2.42. The summed E-state index contributed by atoms with van der Waals surface area (Å²) in [7, 11) is -4.39. The first-order chi connectivity index (χ1) is 22.3. The van der Waals surface area contributed by atoms with E-state index in [1.165, 1.54) is 51.4 Å². The number of carbonyl (C=O) groups excluding carboxylic acids is 2. The summed E-state index contributed by atoms with van der Waals surface area (Å²) in [5.41, 5.74) is 0. The number of aliphatic hydroxyl groups is 1. The van der Waals surface area contributed by atoms with Crippen LogP contribution in [0.1, 0.15) is 149 Å². The van der Waals surface area contributed by atoms with Gasteiger partial charge in [-0.1, -0.05) is 121 Å². The number of unbranched alkanes of at least 4 members (excludes halogenated alkanes) is 14. The van der Waals surface area contributed by atoms with E-state index >= 15 is 0 Å². The number of aliphatic hydroxyl groups excluding tert-OH is 1. The van der Waals surface area contributed by atoms with Crippen LogP contribution in [0.15, 0.2) is 36.5 Å². The molecule has 268 valence electrons. The second-order valence-corrected chi connectivity index (χ2v) is 13.3. The Labute approximate surface area is 280 Å². The average Bonchev–Trinajstić information content (AvgIpc) is 3.04. The van der Waals surface area contributed by atoms with Crippen LogP contribution < -0.4 is 5.32 Å². The fraction of sp³-hybridized carbons (Fsp3) is 0.778. The molecular formula is C36H66NO8P. The van der Waals surface area contributed by atoms with Crippen molar-refractivity contribution in [3.63, 3.8) is 0 Å². The van der Waals surface area contributed by atoms with Crippen molar-refractivity contribution < 1.29 is 37.9 Å². The van der Waals surface area contributed by atoms with Gasteiger partial charge in [0.1, 0.15) is 12.7 Å². The molecule has 0 saturated carbocycles. The molecule has 0 radical (unpaired) electrons. The summed E-state index contributed by atoms with van der Waals surface area (Å²) in [6.07, 6.45) is 34.1. The molecule has 0 rings (SSSR count). The number of hydrogen-bond donors (Lipinski definition) is 3. The molecular weight excluding hydrogens is 605 g/mol. The summed E-state index contributed by atoms with van der Waals surface area (Å²) in [6, 6.07) is 0. The molecule has 0 aliphatic heterocycles. The van der Waals surface area contributed by atoms with Gasteiger partial charge in [-0.3, -0.25) is 18.6 Å². The Morgan fingerprint density at radius 1 is 0.674 bits per heavy atom. The molecule has 2 atom stereocenters. The minimum absolute atomic E-state index is 0.0784. The second kappa shape index (κ2) is 33.1. The number of carbonyl (C=O) groups is 2. The Balaban J connectivity index is 3.60. The van der Waals surface area contributed by atoms with Crippen molar-refractivity contribution in [3.05, 3.63) is 36.5 Å². The largest absolute Gasteiger partial charge is 0.472 e. The molecule has 9 nitrogen and oxygen atoms in total. The number of nitrogens with one attached hydrogen (secondary N) is 1. The molecule has 0 spiro atoms. The van der Waals surface area contributed by atoms with Gasteiger partial charge in [-0.25, -0.2) is 4.57 Å². The number of phosphoric ester groups is 1. The van der Waals surface area contributed by atoms with Crippen molar-refractivity contribution >= 4 is 19.7 Å². The topological polar surface area (TPSA) is 131 Å². The predicted molar refractivity (Wildman–Crippen MR) is 187 cm³/mol. The number of ether oxygens (including phenoxy) is 1. The first kappa shape index (κ1) is 44.2. The van der Waals surface area contributed by atoms with E-state index in [4.69, 9.17) is 13.8 Å². The fourth-order valence-corrected chi connectivity index (χ4v) is 5.32. The van der Waals surface area contributed by atoms with Gasteiger partial charge < -0.3 is 20.1 Å². The lowest BCUT2D eigenvalue weighted by atomic mass is 10.1. The van der Waals surface area contributed by atoms with Crippen molar-refractivity contribution in [1.82, 2.24) is 5.32 Å². The standard InChI is InChI=1S/C36H66NO8P/c1-3-5-7-9-10-11-12-13-14-15-16-17-18-19-20-21-22-23-24-25-27-29-36(40)43-32-34(38)33-45-46(41,42)44-31-30-37-35(39)28-26-8-6-4-2/h10-11,13-14,16-17,34,38H,3-9,12,15,18-33H2,1-2H3,(H,37,39)(H,41,42)/b11-10-,14-13-,17-16-. The molecule has 10 heteroatoms. The van der Waals surface area contributed by atoms with Gasteiger partial charge in [0.25, 0.3) is 0 Å². The summed E-state index contributed by atoms with van der Waals surface area (Å²) in [6.45, 7) is 3.37. The van der Waals surface area contributed by atoms with E-state index in [1.54, 1.807) is 0 Å². The Kier molecular flexibility index (Phi) is 31.9. The van der Waals surface area contributed by atoms with Crippen LogP contribution in [0, 0.1) is 0 Å². The molecule has 0 aromatic carbocycles. The van der Waals surface area contributed by atoms with Crippen molar-refractivity contribution in [2.24, 2.45) is 0 Å². The van der Waals surface area contributed by atoms with Crippen LogP contribution in [-0.4, -0.2) is 54.3 Å². The Bertz CT molecular complexity index is 861.